The zero-order chi connectivity index (χ0) is 14.4. The van der Waals surface area contributed by atoms with E-state index in [1.54, 1.807) is 0 Å². The van der Waals surface area contributed by atoms with Crippen LogP contribution in [0.1, 0.15) is 34.7 Å². The second-order valence-electron chi connectivity index (χ2n) is 5.03. The van der Waals surface area contributed by atoms with E-state index in [1.807, 2.05) is 36.5 Å². The Kier molecular flexibility index (Phi) is 4.83. The van der Waals surface area contributed by atoms with Gasteiger partial charge in [-0.15, -0.1) is 0 Å². The molecular weight excluding hydrogens is 246 g/mol. The maximum absolute atomic E-state index is 10.9. The van der Waals surface area contributed by atoms with Crippen molar-refractivity contribution in [1.82, 2.24) is 0 Å². The molecule has 0 fully saturated rings. The number of rotatable bonds is 5. The molecule has 2 heteroatoms. The molecule has 2 rings (SSSR count). The van der Waals surface area contributed by atoms with Crippen LogP contribution < -0.4 is 0 Å². The van der Waals surface area contributed by atoms with Crippen LogP contribution in [0.15, 0.2) is 53.5 Å². The highest BCUT2D eigenvalue weighted by Crippen LogP contribution is 2.22. The maximum Gasteiger partial charge on any atom is 0.122 e. The molecule has 1 atom stereocenters. The Bertz CT molecular complexity index is 582. The van der Waals surface area contributed by atoms with Gasteiger partial charge in [0.25, 0.3) is 0 Å². The fourth-order valence-electron chi connectivity index (χ4n) is 2.29. The van der Waals surface area contributed by atoms with Gasteiger partial charge in [0.15, 0.2) is 0 Å². The highest BCUT2D eigenvalue weighted by Gasteiger charge is 2.09. The van der Waals surface area contributed by atoms with Gasteiger partial charge in [-0.1, -0.05) is 59.7 Å². The van der Waals surface area contributed by atoms with Crippen molar-refractivity contribution >= 4 is 12.5 Å². The number of aliphatic imine (C=N–C) groups is 1. The topological polar surface area (TPSA) is 29.4 Å². The number of benzene rings is 2. The number of carbonyl (C=O) groups is 1. The molecule has 0 unspecified atom stereocenters. The van der Waals surface area contributed by atoms with Gasteiger partial charge in [-0.2, -0.15) is 0 Å². The van der Waals surface area contributed by atoms with Gasteiger partial charge in [0.05, 0.1) is 6.04 Å². The predicted molar refractivity (Wildman–Crippen MR) is 83.4 cm³/mol. The van der Waals surface area contributed by atoms with Crippen LogP contribution in [-0.4, -0.2) is 12.5 Å². The first-order valence-electron chi connectivity index (χ1n) is 6.79. The number of aryl methyl sites for hydroxylation is 2. The van der Waals surface area contributed by atoms with Crippen LogP contribution in [-0.2, 0) is 4.79 Å². The maximum atomic E-state index is 10.9. The van der Waals surface area contributed by atoms with Gasteiger partial charge in [0.1, 0.15) is 6.29 Å². The molecule has 0 bridgehead atoms. The first-order valence-corrected chi connectivity index (χ1v) is 6.79. The fraction of sp³-hybridized carbons (Fsp3) is 0.222. The highest BCUT2D eigenvalue weighted by atomic mass is 16.1. The van der Waals surface area contributed by atoms with Crippen molar-refractivity contribution in [2.24, 2.45) is 4.99 Å². The Morgan fingerprint density at radius 2 is 1.70 bits per heavy atom. The molecule has 2 aromatic rings. The summed E-state index contributed by atoms with van der Waals surface area (Å²) in [5, 5.41) is 0. The van der Waals surface area contributed by atoms with Gasteiger partial charge < -0.3 is 4.79 Å². The molecular formula is C18H19NO. The Hall–Kier alpha value is -2.22. The van der Waals surface area contributed by atoms with E-state index in [4.69, 9.17) is 0 Å². The molecule has 0 aliphatic carbocycles. The molecule has 0 spiro atoms. The average Bonchev–Trinajstić information content (AvgIpc) is 2.43. The summed E-state index contributed by atoms with van der Waals surface area (Å²) in [6, 6.07) is 16.2. The smallest absolute Gasteiger partial charge is 0.122 e. The minimum absolute atomic E-state index is 0.105. The summed E-state index contributed by atoms with van der Waals surface area (Å²) in [6.45, 7) is 4.13. The van der Waals surface area contributed by atoms with Gasteiger partial charge in [-0.25, -0.2) is 0 Å². The van der Waals surface area contributed by atoms with E-state index in [1.165, 1.54) is 11.1 Å². The van der Waals surface area contributed by atoms with Crippen LogP contribution >= 0.6 is 0 Å². The lowest BCUT2D eigenvalue weighted by Gasteiger charge is -2.11. The van der Waals surface area contributed by atoms with Gasteiger partial charge in [0.2, 0.25) is 0 Å². The lowest BCUT2D eigenvalue weighted by Crippen LogP contribution is -1.99. The molecule has 20 heavy (non-hydrogen) atoms. The molecule has 2 aromatic carbocycles. The number of nitrogens with zero attached hydrogens (tertiary/aromatic N) is 1. The largest absolute Gasteiger partial charge is 0.303 e. The second-order valence-corrected chi connectivity index (χ2v) is 5.03. The zero-order valence-corrected chi connectivity index (χ0v) is 11.9. The molecule has 0 aliphatic heterocycles. The lowest BCUT2D eigenvalue weighted by atomic mass is 10.00. The summed E-state index contributed by atoms with van der Waals surface area (Å²) in [5.41, 5.74) is 4.55. The van der Waals surface area contributed by atoms with Crippen molar-refractivity contribution in [3.05, 3.63) is 70.8 Å². The van der Waals surface area contributed by atoms with Crippen molar-refractivity contribution in [2.45, 2.75) is 26.3 Å². The molecule has 0 saturated heterocycles. The molecule has 2 nitrogen and oxygen atoms in total. The third-order valence-corrected chi connectivity index (χ3v) is 3.15. The fourth-order valence-corrected chi connectivity index (χ4v) is 2.29. The summed E-state index contributed by atoms with van der Waals surface area (Å²) in [7, 11) is 0. The SMILES string of the molecule is Cc1cc(C)cc([C@H](CC=O)N=Cc2ccccc2)c1. The van der Waals surface area contributed by atoms with E-state index in [-0.39, 0.29) is 6.04 Å². The van der Waals surface area contributed by atoms with Crippen LogP contribution in [0.4, 0.5) is 0 Å². The average molecular weight is 265 g/mol. The number of hydrogen-bond acceptors (Lipinski definition) is 2. The van der Waals surface area contributed by atoms with E-state index >= 15 is 0 Å². The number of carbonyl (C=O) groups excluding carboxylic acids is 1. The minimum Gasteiger partial charge on any atom is -0.303 e. The molecule has 0 radical (unpaired) electrons. The van der Waals surface area contributed by atoms with Crippen molar-refractivity contribution in [3.63, 3.8) is 0 Å². The van der Waals surface area contributed by atoms with Crippen LogP contribution in [0.5, 0.6) is 0 Å². The van der Waals surface area contributed by atoms with Crippen LogP contribution in [0, 0.1) is 13.8 Å². The molecule has 0 N–H and O–H groups in total. The second kappa shape index (κ2) is 6.80. The van der Waals surface area contributed by atoms with E-state index < -0.39 is 0 Å². The molecule has 0 aliphatic rings. The Morgan fingerprint density at radius 3 is 2.30 bits per heavy atom. The summed E-state index contributed by atoms with van der Waals surface area (Å²) in [4.78, 5) is 15.5. The van der Waals surface area contributed by atoms with Gasteiger partial charge in [-0.3, -0.25) is 4.99 Å². The summed E-state index contributed by atoms with van der Waals surface area (Å²) in [5.74, 6) is 0. The summed E-state index contributed by atoms with van der Waals surface area (Å²) < 4.78 is 0. The summed E-state index contributed by atoms with van der Waals surface area (Å²) >= 11 is 0. The third-order valence-electron chi connectivity index (χ3n) is 3.15. The van der Waals surface area contributed by atoms with Crippen molar-refractivity contribution in [1.29, 1.82) is 0 Å². The highest BCUT2D eigenvalue weighted by molar-refractivity contribution is 5.79. The molecule has 0 heterocycles. The van der Waals surface area contributed by atoms with Gasteiger partial charge >= 0.3 is 0 Å². The Balaban J connectivity index is 2.26. The predicted octanol–water partition coefficient (Wildman–Crippen LogP) is 4.05. The van der Waals surface area contributed by atoms with Crippen molar-refractivity contribution < 1.29 is 4.79 Å². The zero-order valence-electron chi connectivity index (χ0n) is 11.9. The Morgan fingerprint density at radius 1 is 1.05 bits per heavy atom. The van der Waals surface area contributed by atoms with Crippen LogP contribution in [0.25, 0.3) is 0 Å². The minimum atomic E-state index is -0.105. The van der Waals surface area contributed by atoms with Crippen molar-refractivity contribution in [3.8, 4) is 0 Å². The quantitative estimate of drug-likeness (QED) is 0.592. The van der Waals surface area contributed by atoms with Crippen LogP contribution in [0.3, 0.4) is 0 Å². The normalized spacial score (nSPS) is 12.5. The molecule has 0 saturated carbocycles. The van der Waals surface area contributed by atoms with Gasteiger partial charge in [0, 0.05) is 12.6 Å². The third kappa shape index (κ3) is 3.89. The van der Waals surface area contributed by atoms with Crippen molar-refractivity contribution in [2.75, 3.05) is 0 Å². The standard InChI is InChI=1S/C18H19NO/c1-14-10-15(2)12-17(11-14)18(8-9-20)19-13-16-6-4-3-5-7-16/h3-7,9-13,18H,8H2,1-2H3/t18-/m0/s1. The summed E-state index contributed by atoms with van der Waals surface area (Å²) in [6.07, 6.45) is 3.18. The van der Waals surface area contributed by atoms with E-state index in [0.717, 1.165) is 17.4 Å². The molecule has 102 valence electrons. The lowest BCUT2D eigenvalue weighted by molar-refractivity contribution is -0.108. The van der Waals surface area contributed by atoms with Crippen LogP contribution in [0.2, 0.25) is 0 Å². The van der Waals surface area contributed by atoms with E-state index in [0.29, 0.717) is 6.42 Å². The number of hydrogen-bond donors (Lipinski definition) is 0. The van der Waals surface area contributed by atoms with E-state index in [9.17, 15) is 4.79 Å². The number of aldehydes is 1. The van der Waals surface area contributed by atoms with Gasteiger partial charge in [-0.05, 0) is 25.0 Å². The Labute approximate surface area is 120 Å². The first-order chi connectivity index (χ1) is 9.69. The van der Waals surface area contributed by atoms with E-state index in [2.05, 4.69) is 37.0 Å². The molecule has 0 aromatic heterocycles. The molecule has 0 amide bonds. The monoisotopic (exact) mass is 265 g/mol. The first kappa shape index (κ1) is 14.2.